The van der Waals surface area contributed by atoms with Gasteiger partial charge < -0.3 is 4.74 Å². The maximum absolute atomic E-state index is 5.68. The largest absolute Gasteiger partial charge is 0.376 e. The maximum Gasteiger partial charge on any atom is 0.209 e. The fourth-order valence-corrected chi connectivity index (χ4v) is 3.85. The molecule has 118 valence electrons. The van der Waals surface area contributed by atoms with Gasteiger partial charge in [0.05, 0.1) is 12.6 Å². The molecule has 1 saturated heterocycles. The first-order valence-corrected chi connectivity index (χ1v) is 8.86. The molecule has 1 fully saturated rings. The molecule has 1 unspecified atom stereocenters. The van der Waals surface area contributed by atoms with E-state index in [9.17, 15) is 0 Å². The summed E-state index contributed by atoms with van der Waals surface area (Å²) in [6.45, 7) is 1.59. The fourth-order valence-electron chi connectivity index (χ4n) is 2.96. The lowest BCUT2D eigenvalue weighted by atomic mass is 10.1. The zero-order valence-electron chi connectivity index (χ0n) is 12.8. The third-order valence-electron chi connectivity index (χ3n) is 4.14. The van der Waals surface area contributed by atoms with Crippen LogP contribution in [0.5, 0.6) is 0 Å². The number of benzene rings is 2. The minimum atomic E-state index is 0.246. The van der Waals surface area contributed by atoms with E-state index >= 15 is 0 Å². The highest BCUT2D eigenvalue weighted by Gasteiger charge is 2.19. The van der Waals surface area contributed by atoms with E-state index < -0.39 is 0 Å². The monoisotopic (exact) mass is 326 g/mol. The summed E-state index contributed by atoms with van der Waals surface area (Å²) >= 11 is 1.68. The quantitative estimate of drug-likeness (QED) is 0.673. The number of hydrogen-bond acceptors (Lipinski definition) is 5. The van der Waals surface area contributed by atoms with Crippen LogP contribution in [0.3, 0.4) is 0 Å². The van der Waals surface area contributed by atoms with Crippen LogP contribution in [0.1, 0.15) is 18.4 Å². The molecule has 0 bridgehead atoms. The minimum Gasteiger partial charge on any atom is -0.376 e. The Morgan fingerprint density at radius 1 is 1.17 bits per heavy atom. The van der Waals surface area contributed by atoms with Gasteiger partial charge in [0.15, 0.2) is 0 Å². The third-order valence-corrected chi connectivity index (χ3v) is 5.14. The van der Waals surface area contributed by atoms with Crippen LogP contribution < -0.4 is 0 Å². The molecular weight excluding hydrogens is 308 g/mol. The van der Waals surface area contributed by atoms with E-state index in [1.54, 1.807) is 11.8 Å². The molecule has 3 aromatic rings. The summed E-state index contributed by atoms with van der Waals surface area (Å²) in [7, 11) is 0. The lowest BCUT2D eigenvalue weighted by molar-refractivity contribution is 0.0912. The summed E-state index contributed by atoms with van der Waals surface area (Å²) in [6, 6.07) is 14.9. The van der Waals surface area contributed by atoms with Crippen LogP contribution in [0, 0.1) is 0 Å². The molecule has 2 aromatic carbocycles. The number of ether oxygens (including phenoxy) is 1. The highest BCUT2D eigenvalue weighted by Crippen LogP contribution is 2.26. The van der Waals surface area contributed by atoms with Crippen LogP contribution >= 0.6 is 11.8 Å². The molecule has 23 heavy (non-hydrogen) atoms. The fraction of sp³-hybridized carbons (Fsp3) is 0.353. The zero-order valence-corrected chi connectivity index (χ0v) is 13.6. The number of fused-ring (bicyclic) bond motifs is 1. The lowest BCUT2D eigenvalue weighted by Gasteiger charge is -2.10. The summed E-state index contributed by atoms with van der Waals surface area (Å²) in [5.74, 6) is 0.854. The number of thioether (sulfide) groups is 1. The number of nitrogens with zero attached hydrogens (tertiary/aromatic N) is 4. The molecule has 0 radical (unpaired) electrons. The van der Waals surface area contributed by atoms with Crippen LogP contribution in [0.15, 0.2) is 47.6 Å². The topological polar surface area (TPSA) is 52.8 Å². The molecule has 1 aliphatic rings. The van der Waals surface area contributed by atoms with E-state index in [1.165, 1.54) is 16.3 Å². The molecule has 1 atom stereocenters. The number of aromatic nitrogens is 4. The van der Waals surface area contributed by atoms with E-state index in [0.29, 0.717) is 0 Å². The molecule has 0 aliphatic carbocycles. The highest BCUT2D eigenvalue weighted by molar-refractivity contribution is 7.98. The summed E-state index contributed by atoms with van der Waals surface area (Å²) in [6.07, 6.45) is 2.47. The Bertz CT molecular complexity index is 793. The number of tetrazole rings is 1. The van der Waals surface area contributed by atoms with Gasteiger partial charge in [0.2, 0.25) is 5.16 Å². The molecule has 5 nitrogen and oxygen atoms in total. The lowest BCUT2D eigenvalue weighted by Crippen LogP contribution is -2.16. The van der Waals surface area contributed by atoms with E-state index in [4.69, 9.17) is 4.74 Å². The molecule has 6 heteroatoms. The van der Waals surface area contributed by atoms with Gasteiger partial charge in [-0.2, -0.15) is 0 Å². The second kappa shape index (κ2) is 6.68. The third kappa shape index (κ3) is 3.23. The normalized spacial score (nSPS) is 17.8. The maximum atomic E-state index is 5.68. The molecule has 0 N–H and O–H groups in total. The Balaban J connectivity index is 1.49. The van der Waals surface area contributed by atoms with Crippen LogP contribution in [0.2, 0.25) is 0 Å². The van der Waals surface area contributed by atoms with E-state index in [2.05, 4.69) is 58.0 Å². The molecule has 0 spiro atoms. The summed E-state index contributed by atoms with van der Waals surface area (Å²) < 4.78 is 7.54. The molecule has 0 amide bonds. The molecule has 1 aliphatic heterocycles. The second-order valence-electron chi connectivity index (χ2n) is 5.71. The van der Waals surface area contributed by atoms with Gasteiger partial charge in [0.1, 0.15) is 0 Å². The standard InChI is InChI=1S/C17H18N4OS/c1-2-9-16-13(5-1)6-3-7-14(16)12-23-17-18-19-20-21(17)11-15-8-4-10-22-15/h1-3,5-7,9,15H,4,8,10-12H2. The van der Waals surface area contributed by atoms with Crippen LogP contribution in [0.25, 0.3) is 10.8 Å². The van der Waals surface area contributed by atoms with Crippen molar-refractivity contribution in [3.05, 3.63) is 48.0 Å². The summed E-state index contributed by atoms with van der Waals surface area (Å²) in [4.78, 5) is 0. The van der Waals surface area contributed by atoms with Gasteiger partial charge in [-0.05, 0) is 39.6 Å². The Morgan fingerprint density at radius 2 is 2.09 bits per heavy atom. The first kappa shape index (κ1) is 14.7. The Hall–Kier alpha value is -1.92. The van der Waals surface area contributed by atoms with Crippen LogP contribution in [0.4, 0.5) is 0 Å². The van der Waals surface area contributed by atoms with Gasteiger partial charge in [-0.25, -0.2) is 4.68 Å². The average Bonchev–Trinajstić information content (AvgIpc) is 3.25. The van der Waals surface area contributed by atoms with Gasteiger partial charge >= 0.3 is 0 Å². The predicted octanol–water partition coefficient (Wildman–Crippen LogP) is 3.30. The minimum absolute atomic E-state index is 0.246. The van der Waals surface area contributed by atoms with Crippen molar-refractivity contribution in [1.29, 1.82) is 0 Å². The molecule has 1 aromatic heterocycles. The van der Waals surface area contributed by atoms with Crippen molar-refractivity contribution in [1.82, 2.24) is 20.2 Å². The number of hydrogen-bond donors (Lipinski definition) is 0. The van der Waals surface area contributed by atoms with Crippen molar-refractivity contribution in [2.24, 2.45) is 0 Å². The van der Waals surface area contributed by atoms with Crippen molar-refractivity contribution in [2.45, 2.75) is 36.4 Å². The van der Waals surface area contributed by atoms with Crippen molar-refractivity contribution in [3.63, 3.8) is 0 Å². The highest BCUT2D eigenvalue weighted by atomic mass is 32.2. The van der Waals surface area contributed by atoms with Gasteiger partial charge in [0.25, 0.3) is 0 Å². The zero-order chi connectivity index (χ0) is 15.5. The van der Waals surface area contributed by atoms with Gasteiger partial charge in [-0.1, -0.05) is 54.2 Å². The molecule has 4 rings (SSSR count). The van der Waals surface area contributed by atoms with E-state index in [1.807, 2.05) is 4.68 Å². The molecule has 2 heterocycles. The average molecular weight is 326 g/mol. The van der Waals surface area contributed by atoms with Gasteiger partial charge in [-0.15, -0.1) is 5.10 Å². The first-order valence-electron chi connectivity index (χ1n) is 7.87. The van der Waals surface area contributed by atoms with Gasteiger partial charge in [0, 0.05) is 12.4 Å². The molecule has 0 saturated carbocycles. The Morgan fingerprint density at radius 3 is 3.00 bits per heavy atom. The summed E-state index contributed by atoms with van der Waals surface area (Å²) in [5, 5.41) is 15.5. The van der Waals surface area contributed by atoms with E-state index in [-0.39, 0.29) is 6.10 Å². The molecular formula is C17H18N4OS. The first-order chi connectivity index (χ1) is 11.4. The van der Waals surface area contributed by atoms with Crippen molar-refractivity contribution in [2.75, 3.05) is 6.61 Å². The SMILES string of the molecule is c1ccc2c(CSc3nnnn3CC3CCCO3)cccc2c1. The Labute approximate surface area is 139 Å². The predicted molar refractivity (Wildman–Crippen MR) is 90.3 cm³/mol. The van der Waals surface area contributed by atoms with Crippen molar-refractivity contribution < 1.29 is 4.74 Å². The smallest absolute Gasteiger partial charge is 0.209 e. The van der Waals surface area contributed by atoms with E-state index in [0.717, 1.165) is 36.9 Å². The summed E-state index contributed by atoms with van der Waals surface area (Å²) in [5.41, 5.74) is 1.31. The van der Waals surface area contributed by atoms with Crippen molar-refractivity contribution >= 4 is 22.5 Å². The van der Waals surface area contributed by atoms with Crippen molar-refractivity contribution in [3.8, 4) is 0 Å². The number of rotatable bonds is 5. The van der Waals surface area contributed by atoms with Gasteiger partial charge in [-0.3, -0.25) is 0 Å². The van der Waals surface area contributed by atoms with Crippen LogP contribution in [-0.4, -0.2) is 32.9 Å². The van der Waals surface area contributed by atoms with Crippen LogP contribution in [-0.2, 0) is 17.0 Å². The second-order valence-corrected chi connectivity index (χ2v) is 6.65. The Kier molecular flexibility index (Phi) is 4.26.